The van der Waals surface area contributed by atoms with E-state index in [4.69, 9.17) is 22.1 Å². The monoisotopic (exact) mass is 282 g/mol. The quantitative estimate of drug-likeness (QED) is 0.872. The van der Waals surface area contributed by atoms with Gasteiger partial charge < -0.3 is 15.8 Å². The fourth-order valence-electron chi connectivity index (χ4n) is 2.84. The first-order chi connectivity index (χ1) is 9.13. The Labute approximate surface area is 120 Å². The van der Waals surface area contributed by atoms with Gasteiger partial charge >= 0.3 is 0 Å². The van der Waals surface area contributed by atoms with Crippen molar-refractivity contribution in [3.63, 3.8) is 0 Å². The molecule has 106 valence electrons. The molecule has 0 heterocycles. The van der Waals surface area contributed by atoms with Crippen LogP contribution in [0.25, 0.3) is 0 Å². The van der Waals surface area contributed by atoms with Gasteiger partial charge in [0.2, 0.25) is 0 Å². The summed E-state index contributed by atoms with van der Waals surface area (Å²) in [5.74, 6) is 1.52. The molecule has 1 aromatic carbocycles. The van der Waals surface area contributed by atoms with E-state index in [1.165, 1.54) is 19.3 Å². The van der Waals surface area contributed by atoms with E-state index < -0.39 is 0 Å². The lowest BCUT2D eigenvalue weighted by atomic mass is 10.0. The zero-order chi connectivity index (χ0) is 13.8. The Hall–Kier alpha value is -0.770. The van der Waals surface area contributed by atoms with Gasteiger partial charge in [-0.2, -0.15) is 0 Å². The third-order valence-corrected chi connectivity index (χ3v) is 4.24. The summed E-state index contributed by atoms with van der Waals surface area (Å²) in [4.78, 5) is 0. The van der Waals surface area contributed by atoms with Gasteiger partial charge in [-0.15, -0.1) is 0 Å². The first-order valence-electron chi connectivity index (χ1n) is 6.93. The van der Waals surface area contributed by atoms with Crippen molar-refractivity contribution in [3.05, 3.63) is 28.8 Å². The fraction of sp³-hybridized carbons (Fsp3) is 0.600. The molecule has 0 radical (unpaired) electrons. The summed E-state index contributed by atoms with van der Waals surface area (Å²) >= 11 is 6.18. The SMILES string of the molecule is COc1ccc(C(CN)NC2CCC(C)C2)cc1Cl. The Bertz CT molecular complexity index is 425. The van der Waals surface area contributed by atoms with Crippen molar-refractivity contribution in [1.29, 1.82) is 0 Å². The molecule has 4 heteroatoms. The lowest BCUT2D eigenvalue weighted by Crippen LogP contribution is -2.35. The van der Waals surface area contributed by atoms with Gasteiger partial charge in [0, 0.05) is 18.6 Å². The number of hydrogen-bond acceptors (Lipinski definition) is 3. The topological polar surface area (TPSA) is 47.3 Å². The number of nitrogens with one attached hydrogen (secondary N) is 1. The molecule has 1 aliphatic carbocycles. The van der Waals surface area contributed by atoms with Crippen LogP contribution in [0.2, 0.25) is 5.02 Å². The highest BCUT2D eigenvalue weighted by molar-refractivity contribution is 6.32. The maximum absolute atomic E-state index is 6.18. The summed E-state index contributed by atoms with van der Waals surface area (Å²) in [5, 5.41) is 4.29. The van der Waals surface area contributed by atoms with Crippen LogP contribution in [-0.2, 0) is 0 Å². The first kappa shape index (κ1) is 14.6. The van der Waals surface area contributed by atoms with Crippen LogP contribution in [-0.4, -0.2) is 19.7 Å². The van der Waals surface area contributed by atoms with E-state index in [2.05, 4.69) is 12.2 Å². The summed E-state index contributed by atoms with van der Waals surface area (Å²) in [6.07, 6.45) is 3.78. The highest BCUT2D eigenvalue weighted by Crippen LogP contribution is 2.30. The zero-order valence-corrected chi connectivity index (χ0v) is 12.4. The van der Waals surface area contributed by atoms with E-state index in [0.29, 0.717) is 23.4 Å². The van der Waals surface area contributed by atoms with Crippen molar-refractivity contribution in [2.45, 2.75) is 38.3 Å². The molecule has 1 aromatic rings. The lowest BCUT2D eigenvalue weighted by molar-refractivity contribution is 0.413. The van der Waals surface area contributed by atoms with Gasteiger partial charge in [-0.25, -0.2) is 0 Å². The second kappa shape index (κ2) is 6.60. The smallest absolute Gasteiger partial charge is 0.137 e. The second-order valence-electron chi connectivity index (χ2n) is 5.46. The number of benzene rings is 1. The molecular weight excluding hydrogens is 260 g/mol. The summed E-state index contributed by atoms with van der Waals surface area (Å²) in [6.45, 7) is 2.89. The third kappa shape index (κ3) is 3.62. The van der Waals surface area contributed by atoms with Gasteiger partial charge in [0.05, 0.1) is 12.1 Å². The average molecular weight is 283 g/mol. The fourth-order valence-corrected chi connectivity index (χ4v) is 3.11. The van der Waals surface area contributed by atoms with Crippen molar-refractivity contribution in [2.75, 3.05) is 13.7 Å². The lowest BCUT2D eigenvalue weighted by Gasteiger charge is -2.22. The van der Waals surface area contributed by atoms with Gasteiger partial charge in [-0.1, -0.05) is 24.6 Å². The van der Waals surface area contributed by atoms with Gasteiger partial charge in [-0.05, 0) is 42.9 Å². The van der Waals surface area contributed by atoms with Crippen LogP contribution in [0.5, 0.6) is 5.75 Å². The highest BCUT2D eigenvalue weighted by Gasteiger charge is 2.24. The van der Waals surface area contributed by atoms with Crippen LogP contribution in [0.3, 0.4) is 0 Å². The van der Waals surface area contributed by atoms with Crippen molar-refractivity contribution in [3.8, 4) is 5.75 Å². The molecule has 2 rings (SSSR count). The highest BCUT2D eigenvalue weighted by atomic mass is 35.5. The zero-order valence-electron chi connectivity index (χ0n) is 11.7. The number of ether oxygens (including phenoxy) is 1. The molecule has 0 aromatic heterocycles. The molecule has 3 nitrogen and oxygen atoms in total. The van der Waals surface area contributed by atoms with Gasteiger partial charge in [0.15, 0.2) is 0 Å². The number of hydrogen-bond donors (Lipinski definition) is 2. The Balaban J connectivity index is 2.06. The summed E-state index contributed by atoms with van der Waals surface area (Å²) < 4.78 is 5.18. The molecule has 0 amide bonds. The summed E-state index contributed by atoms with van der Waals surface area (Å²) in [5.41, 5.74) is 7.03. The van der Waals surface area contributed by atoms with E-state index >= 15 is 0 Å². The molecule has 0 aliphatic heterocycles. The van der Waals surface area contributed by atoms with Crippen molar-refractivity contribution in [2.24, 2.45) is 11.7 Å². The van der Waals surface area contributed by atoms with E-state index in [1.807, 2.05) is 18.2 Å². The van der Waals surface area contributed by atoms with Gasteiger partial charge in [-0.3, -0.25) is 0 Å². The molecule has 1 aliphatic rings. The van der Waals surface area contributed by atoms with Gasteiger partial charge in [0.1, 0.15) is 5.75 Å². The number of methoxy groups -OCH3 is 1. The Morgan fingerprint density at radius 3 is 2.79 bits per heavy atom. The van der Waals surface area contributed by atoms with Gasteiger partial charge in [0.25, 0.3) is 0 Å². The van der Waals surface area contributed by atoms with Crippen LogP contribution in [0.4, 0.5) is 0 Å². The predicted octanol–water partition coefficient (Wildman–Crippen LogP) is 3.13. The minimum atomic E-state index is 0.165. The van der Waals surface area contributed by atoms with Crippen LogP contribution in [0.1, 0.15) is 37.8 Å². The normalized spacial score (nSPS) is 24.4. The van der Waals surface area contributed by atoms with Crippen LogP contribution >= 0.6 is 11.6 Å². The van der Waals surface area contributed by atoms with Crippen LogP contribution < -0.4 is 15.8 Å². The molecule has 1 saturated carbocycles. The molecule has 0 spiro atoms. The maximum Gasteiger partial charge on any atom is 0.137 e. The molecule has 1 fully saturated rings. The maximum atomic E-state index is 6.18. The van der Waals surface area contributed by atoms with E-state index in [-0.39, 0.29) is 6.04 Å². The minimum Gasteiger partial charge on any atom is -0.495 e. The molecular formula is C15H23ClN2O. The Morgan fingerprint density at radius 2 is 2.26 bits per heavy atom. The van der Waals surface area contributed by atoms with Crippen LogP contribution in [0.15, 0.2) is 18.2 Å². The van der Waals surface area contributed by atoms with E-state index in [0.717, 1.165) is 11.5 Å². The Kier molecular flexibility index (Phi) is 5.08. The molecule has 0 saturated heterocycles. The Morgan fingerprint density at radius 1 is 1.47 bits per heavy atom. The van der Waals surface area contributed by atoms with Crippen molar-refractivity contribution in [1.82, 2.24) is 5.32 Å². The largest absolute Gasteiger partial charge is 0.495 e. The standard InChI is InChI=1S/C15H23ClN2O/c1-10-3-5-12(7-10)18-14(9-17)11-4-6-15(19-2)13(16)8-11/h4,6,8,10,12,14,18H,3,5,7,9,17H2,1-2H3. The minimum absolute atomic E-state index is 0.165. The van der Waals surface area contributed by atoms with E-state index in [9.17, 15) is 0 Å². The number of halogens is 1. The van der Waals surface area contributed by atoms with Crippen LogP contribution in [0, 0.1) is 5.92 Å². The molecule has 0 bridgehead atoms. The third-order valence-electron chi connectivity index (χ3n) is 3.95. The second-order valence-corrected chi connectivity index (χ2v) is 5.87. The number of nitrogens with two attached hydrogens (primary N) is 1. The molecule has 3 unspecified atom stereocenters. The molecule has 3 atom stereocenters. The van der Waals surface area contributed by atoms with Crippen molar-refractivity contribution < 1.29 is 4.74 Å². The van der Waals surface area contributed by atoms with E-state index in [1.54, 1.807) is 7.11 Å². The summed E-state index contributed by atoms with van der Waals surface area (Å²) in [6, 6.07) is 6.62. The predicted molar refractivity (Wildman–Crippen MR) is 79.7 cm³/mol. The van der Waals surface area contributed by atoms with Crippen molar-refractivity contribution >= 4 is 11.6 Å². The average Bonchev–Trinajstić information content (AvgIpc) is 2.81. The molecule has 19 heavy (non-hydrogen) atoms. The summed E-state index contributed by atoms with van der Waals surface area (Å²) in [7, 11) is 1.62. The molecule has 3 N–H and O–H groups in total. The number of rotatable bonds is 5. The first-order valence-corrected chi connectivity index (χ1v) is 7.31.